The molecule has 138 valence electrons. The lowest BCUT2D eigenvalue weighted by Crippen LogP contribution is -2.31. The zero-order valence-corrected chi connectivity index (χ0v) is 15.3. The van der Waals surface area contributed by atoms with Crippen LogP contribution in [0.5, 0.6) is 0 Å². The molecule has 5 nitrogen and oxygen atoms in total. The van der Waals surface area contributed by atoms with E-state index in [9.17, 15) is 4.79 Å². The Hall–Kier alpha value is -2.92. The lowest BCUT2D eigenvalue weighted by Gasteiger charge is -2.22. The monoisotopic (exact) mass is 360 g/mol. The number of para-hydroxylation sites is 1. The molecule has 3 aromatic rings. The number of nitrogens with one attached hydrogen (secondary N) is 1. The highest BCUT2D eigenvalue weighted by Gasteiger charge is 2.24. The van der Waals surface area contributed by atoms with Crippen LogP contribution in [0.2, 0.25) is 0 Å². The van der Waals surface area contributed by atoms with E-state index >= 15 is 0 Å². The molecular formula is C22H24N4O. The molecule has 1 atom stereocenters. The van der Waals surface area contributed by atoms with Gasteiger partial charge in [0.1, 0.15) is 5.82 Å². The second-order valence-electron chi connectivity index (χ2n) is 6.85. The fourth-order valence-electron chi connectivity index (χ4n) is 3.55. The SMILES string of the molecule is O=c1n(CC=Cc2ccccc2)nc(C2CCCNC2)n1-c1ccccc1. The van der Waals surface area contributed by atoms with Crippen molar-refractivity contribution in [2.24, 2.45) is 0 Å². The number of rotatable bonds is 5. The number of hydrogen-bond acceptors (Lipinski definition) is 3. The molecule has 4 rings (SSSR count). The molecule has 0 aliphatic carbocycles. The third-order valence-electron chi connectivity index (χ3n) is 4.93. The summed E-state index contributed by atoms with van der Waals surface area (Å²) in [6, 6.07) is 19.9. The molecule has 1 aromatic heterocycles. The van der Waals surface area contributed by atoms with E-state index in [0.717, 1.165) is 43.0 Å². The summed E-state index contributed by atoms with van der Waals surface area (Å²) in [5.41, 5.74) is 1.91. The average Bonchev–Trinajstić information content (AvgIpc) is 3.06. The Balaban J connectivity index is 1.67. The van der Waals surface area contributed by atoms with Crippen LogP contribution < -0.4 is 11.0 Å². The van der Waals surface area contributed by atoms with Crippen molar-refractivity contribution >= 4 is 6.08 Å². The average molecular weight is 360 g/mol. The minimum Gasteiger partial charge on any atom is -0.316 e. The van der Waals surface area contributed by atoms with Gasteiger partial charge in [0.2, 0.25) is 0 Å². The lowest BCUT2D eigenvalue weighted by atomic mass is 9.99. The molecule has 1 fully saturated rings. The Morgan fingerprint density at radius 1 is 1.07 bits per heavy atom. The summed E-state index contributed by atoms with van der Waals surface area (Å²) < 4.78 is 3.34. The van der Waals surface area contributed by atoms with Crippen LogP contribution in [0.15, 0.2) is 71.5 Å². The van der Waals surface area contributed by atoms with Gasteiger partial charge in [0, 0.05) is 12.5 Å². The molecule has 0 saturated carbocycles. The van der Waals surface area contributed by atoms with E-state index in [4.69, 9.17) is 5.10 Å². The molecule has 5 heteroatoms. The summed E-state index contributed by atoms with van der Waals surface area (Å²) in [7, 11) is 0. The predicted octanol–water partition coefficient (Wildman–Crippen LogP) is 3.21. The number of aromatic nitrogens is 3. The van der Waals surface area contributed by atoms with Crippen molar-refractivity contribution in [1.82, 2.24) is 19.7 Å². The smallest absolute Gasteiger partial charge is 0.316 e. The zero-order valence-electron chi connectivity index (χ0n) is 15.3. The van der Waals surface area contributed by atoms with E-state index in [1.54, 1.807) is 9.25 Å². The van der Waals surface area contributed by atoms with Crippen LogP contribution in [0.25, 0.3) is 11.8 Å². The van der Waals surface area contributed by atoms with Gasteiger partial charge in [-0.05, 0) is 37.1 Å². The summed E-state index contributed by atoms with van der Waals surface area (Å²) in [4.78, 5) is 13.1. The van der Waals surface area contributed by atoms with E-state index < -0.39 is 0 Å². The maximum Gasteiger partial charge on any atom is 0.350 e. The van der Waals surface area contributed by atoms with E-state index in [0.29, 0.717) is 6.54 Å². The van der Waals surface area contributed by atoms with Gasteiger partial charge in [-0.2, -0.15) is 5.10 Å². The molecular weight excluding hydrogens is 336 g/mol. The Morgan fingerprint density at radius 3 is 2.52 bits per heavy atom. The molecule has 0 radical (unpaired) electrons. The van der Waals surface area contributed by atoms with E-state index in [2.05, 4.69) is 5.32 Å². The van der Waals surface area contributed by atoms with Crippen LogP contribution in [0.1, 0.15) is 30.1 Å². The first kappa shape index (κ1) is 17.5. The first-order valence-corrected chi connectivity index (χ1v) is 9.50. The van der Waals surface area contributed by atoms with Crippen molar-refractivity contribution in [1.29, 1.82) is 0 Å². The quantitative estimate of drug-likeness (QED) is 0.760. The van der Waals surface area contributed by atoms with Gasteiger partial charge in [-0.3, -0.25) is 0 Å². The Kier molecular flexibility index (Phi) is 5.30. The number of allylic oxidation sites excluding steroid dienone is 1. The van der Waals surface area contributed by atoms with Crippen molar-refractivity contribution < 1.29 is 0 Å². The van der Waals surface area contributed by atoms with Crippen LogP contribution in [-0.2, 0) is 6.54 Å². The number of piperidine rings is 1. The highest BCUT2D eigenvalue weighted by atomic mass is 16.2. The normalized spacial score (nSPS) is 17.4. The van der Waals surface area contributed by atoms with Crippen molar-refractivity contribution in [3.8, 4) is 5.69 Å². The minimum absolute atomic E-state index is 0.0838. The fourth-order valence-corrected chi connectivity index (χ4v) is 3.55. The lowest BCUT2D eigenvalue weighted by molar-refractivity contribution is 0.440. The van der Waals surface area contributed by atoms with E-state index in [1.807, 2.05) is 72.8 Å². The second kappa shape index (κ2) is 8.18. The van der Waals surface area contributed by atoms with Crippen molar-refractivity contribution in [2.75, 3.05) is 13.1 Å². The molecule has 27 heavy (non-hydrogen) atoms. The molecule has 1 N–H and O–H groups in total. The highest BCUT2D eigenvalue weighted by molar-refractivity contribution is 5.48. The van der Waals surface area contributed by atoms with Gasteiger partial charge in [-0.15, -0.1) is 0 Å². The van der Waals surface area contributed by atoms with Crippen LogP contribution in [0.4, 0.5) is 0 Å². The molecule has 1 unspecified atom stereocenters. The molecule has 2 heterocycles. The van der Waals surface area contributed by atoms with Gasteiger partial charge in [0.05, 0.1) is 12.2 Å². The topological polar surface area (TPSA) is 51.9 Å². The van der Waals surface area contributed by atoms with Crippen LogP contribution in [0.3, 0.4) is 0 Å². The predicted molar refractivity (Wildman–Crippen MR) is 108 cm³/mol. The van der Waals surface area contributed by atoms with Gasteiger partial charge < -0.3 is 5.32 Å². The molecule has 0 spiro atoms. The summed E-state index contributed by atoms with van der Waals surface area (Å²) >= 11 is 0. The third kappa shape index (κ3) is 3.93. The summed E-state index contributed by atoms with van der Waals surface area (Å²) in [5, 5.41) is 8.14. The number of nitrogens with zero attached hydrogens (tertiary/aromatic N) is 3. The van der Waals surface area contributed by atoms with E-state index in [1.165, 1.54) is 0 Å². The van der Waals surface area contributed by atoms with Gasteiger partial charge in [0.15, 0.2) is 0 Å². The first-order valence-electron chi connectivity index (χ1n) is 9.50. The van der Waals surface area contributed by atoms with Gasteiger partial charge in [0.25, 0.3) is 0 Å². The molecule has 0 bridgehead atoms. The molecule has 1 aliphatic heterocycles. The Labute approximate surface area is 159 Å². The summed E-state index contributed by atoms with van der Waals surface area (Å²) in [6.07, 6.45) is 6.17. The molecule has 1 saturated heterocycles. The standard InChI is InChI=1S/C22H24N4O/c27-22-25(16-8-11-18-9-3-1-4-10-18)24-21(19-12-7-15-23-17-19)26(22)20-13-5-2-6-14-20/h1-6,8-11,13-14,19,23H,7,12,15-17H2. The van der Waals surface area contributed by atoms with Crippen molar-refractivity contribution in [3.63, 3.8) is 0 Å². The van der Waals surface area contributed by atoms with E-state index in [-0.39, 0.29) is 11.6 Å². The molecule has 2 aromatic carbocycles. The van der Waals surface area contributed by atoms with Crippen molar-refractivity contribution in [2.45, 2.75) is 25.3 Å². The summed E-state index contributed by atoms with van der Waals surface area (Å²) in [6.45, 7) is 2.36. The first-order chi connectivity index (χ1) is 13.3. The maximum absolute atomic E-state index is 13.1. The second-order valence-corrected chi connectivity index (χ2v) is 6.85. The van der Waals surface area contributed by atoms with Crippen LogP contribution in [0, 0.1) is 0 Å². The Morgan fingerprint density at radius 2 is 1.81 bits per heavy atom. The maximum atomic E-state index is 13.1. The van der Waals surface area contributed by atoms with Gasteiger partial charge in [-0.1, -0.05) is 60.7 Å². The Bertz CT molecular complexity index is 951. The number of benzene rings is 2. The number of hydrogen-bond donors (Lipinski definition) is 1. The van der Waals surface area contributed by atoms with Gasteiger partial charge >= 0.3 is 5.69 Å². The molecule has 1 aliphatic rings. The van der Waals surface area contributed by atoms with Crippen LogP contribution >= 0.6 is 0 Å². The van der Waals surface area contributed by atoms with Crippen molar-refractivity contribution in [3.05, 3.63) is 88.6 Å². The fraction of sp³-hybridized carbons (Fsp3) is 0.273. The highest BCUT2D eigenvalue weighted by Crippen LogP contribution is 2.22. The van der Waals surface area contributed by atoms with Gasteiger partial charge in [-0.25, -0.2) is 14.0 Å². The third-order valence-corrected chi connectivity index (χ3v) is 4.93. The van der Waals surface area contributed by atoms with Crippen LogP contribution in [-0.4, -0.2) is 27.4 Å². The molecule has 0 amide bonds. The zero-order chi connectivity index (χ0) is 18.5. The summed E-state index contributed by atoms with van der Waals surface area (Å²) in [5.74, 6) is 1.11. The minimum atomic E-state index is -0.0838. The largest absolute Gasteiger partial charge is 0.350 e.